The third kappa shape index (κ3) is 3.46. The van der Waals surface area contributed by atoms with Crippen molar-refractivity contribution in [2.75, 3.05) is 23.9 Å². The molecule has 6 heteroatoms. The van der Waals surface area contributed by atoms with Gasteiger partial charge in [-0.25, -0.2) is 0 Å². The molecule has 1 atom stereocenters. The van der Waals surface area contributed by atoms with Crippen LogP contribution in [0.3, 0.4) is 0 Å². The van der Waals surface area contributed by atoms with E-state index in [2.05, 4.69) is 36.2 Å². The van der Waals surface area contributed by atoms with Crippen molar-refractivity contribution in [2.45, 2.75) is 44.8 Å². The van der Waals surface area contributed by atoms with Crippen molar-refractivity contribution in [3.8, 4) is 5.75 Å². The summed E-state index contributed by atoms with van der Waals surface area (Å²) in [6, 6.07) is 13.9. The molecular formula is C25H28N2O4. The molecule has 0 saturated heterocycles. The summed E-state index contributed by atoms with van der Waals surface area (Å²) in [7, 11) is 2.03. The van der Waals surface area contributed by atoms with Gasteiger partial charge >= 0.3 is 5.97 Å². The van der Waals surface area contributed by atoms with Gasteiger partial charge in [-0.05, 0) is 62.8 Å². The average molecular weight is 421 g/mol. The minimum atomic E-state index is -0.670. The molecular weight excluding hydrogens is 392 g/mol. The number of hydrogen-bond acceptors (Lipinski definition) is 5. The second kappa shape index (κ2) is 7.76. The predicted molar refractivity (Wildman–Crippen MR) is 121 cm³/mol. The number of carbonyl (C=O) groups is 2. The lowest BCUT2D eigenvalue weighted by Crippen LogP contribution is -2.58. The van der Waals surface area contributed by atoms with E-state index < -0.39 is 5.72 Å². The molecule has 0 radical (unpaired) electrons. The standard InChI is InChI=1S/C25H28N2O4/c1-5-30-23(29)13-12-22(28)26-18-10-11-20-19(16-18)24(2,3)25(27(20)4)15-14-17-8-6-7-9-21(17)31-25/h6-11,14-16H,5,12-13H2,1-4H3,(H,26,28). The third-order valence-corrected chi connectivity index (χ3v) is 6.24. The maximum absolute atomic E-state index is 12.3. The third-order valence-electron chi connectivity index (χ3n) is 6.24. The molecule has 1 unspecified atom stereocenters. The van der Waals surface area contributed by atoms with Gasteiger partial charge in [-0.2, -0.15) is 0 Å². The van der Waals surface area contributed by atoms with Crippen LogP contribution in [0.25, 0.3) is 6.08 Å². The first kappa shape index (κ1) is 21.0. The molecule has 4 rings (SSSR count). The Balaban J connectivity index is 1.57. The lowest BCUT2D eigenvalue weighted by atomic mass is 9.76. The van der Waals surface area contributed by atoms with Crippen molar-refractivity contribution in [1.82, 2.24) is 0 Å². The molecule has 2 aromatic rings. The fourth-order valence-electron chi connectivity index (χ4n) is 4.50. The lowest BCUT2D eigenvalue weighted by Gasteiger charge is -2.45. The predicted octanol–water partition coefficient (Wildman–Crippen LogP) is 4.50. The van der Waals surface area contributed by atoms with E-state index in [-0.39, 0.29) is 30.1 Å². The number of fused-ring (bicyclic) bond motifs is 2. The van der Waals surface area contributed by atoms with Crippen LogP contribution in [0.4, 0.5) is 11.4 Å². The zero-order valence-corrected chi connectivity index (χ0v) is 18.4. The zero-order chi connectivity index (χ0) is 22.2. The van der Waals surface area contributed by atoms with Crippen LogP contribution in [0, 0.1) is 0 Å². The number of nitrogens with one attached hydrogen (secondary N) is 1. The lowest BCUT2D eigenvalue weighted by molar-refractivity contribution is -0.144. The number of amides is 1. The van der Waals surface area contributed by atoms with Crippen LogP contribution in [-0.4, -0.2) is 31.3 Å². The van der Waals surface area contributed by atoms with Crippen LogP contribution < -0.4 is 15.0 Å². The van der Waals surface area contributed by atoms with Crippen LogP contribution in [0.5, 0.6) is 5.75 Å². The number of nitrogens with zero attached hydrogens (tertiary/aromatic N) is 1. The molecule has 1 spiro atoms. The summed E-state index contributed by atoms with van der Waals surface area (Å²) < 4.78 is 11.5. The van der Waals surface area contributed by atoms with Crippen LogP contribution >= 0.6 is 0 Å². The highest BCUT2D eigenvalue weighted by Crippen LogP contribution is 2.54. The van der Waals surface area contributed by atoms with Gasteiger partial charge in [-0.1, -0.05) is 18.2 Å². The van der Waals surface area contributed by atoms with Crippen molar-refractivity contribution in [3.05, 3.63) is 59.7 Å². The van der Waals surface area contributed by atoms with E-state index >= 15 is 0 Å². The van der Waals surface area contributed by atoms with Gasteiger partial charge in [-0.15, -0.1) is 0 Å². The number of benzene rings is 2. The van der Waals surface area contributed by atoms with Gasteiger partial charge in [0.1, 0.15) is 5.75 Å². The summed E-state index contributed by atoms with van der Waals surface area (Å²) in [5.41, 5.74) is 2.85. The van der Waals surface area contributed by atoms with Crippen molar-refractivity contribution < 1.29 is 19.1 Å². The highest BCUT2D eigenvalue weighted by atomic mass is 16.5. The topological polar surface area (TPSA) is 67.9 Å². The number of likely N-dealkylation sites (N-methyl/N-ethyl adjacent to an activating group) is 1. The minimum absolute atomic E-state index is 0.0694. The summed E-state index contributed by atoms with van der Waals surface area (Å²) in [6.45, 7) is 6.37. The average Bonchev–Trinajstić information content (AvgIpc) is 2.91. The molecule has 0 saturated carbocycles. The van der Waals surface area contributed by atoms with E-state index in [9.17, 15) is 9.59 Å². The van der Waals surface area contributed by atoms with E-state index in [1.54, 1.807) is 6.92 Å². The van der Waals surface area contributed by atoms with Crippen molar-refractivity contribution in [1.29, 1.82) is 0 Å². The van der Waals surface area contributed by atoms with Crippen LogP contribution in [0.2, 0.25) is 0 Å². The second-order valence-electron chi connectivity index (χ2n) is 8.44. The SMILES string of the molecule is CCOC(=O)CCC(=O)Nc1ccc2c(c1)C(C)(C)C1(C=Cc3ccccc3O1)N2C. The molecule has 1 N–H and O–H groups in total. The maximum Gasteiger partial charge on any atom is 0.306 e. The quantitative estimate of drug-likeness (QED) is 0.722. The van der Waals surface area contributed by atoms with Gasteiger partial charge in [0.2, 0.25) is 11.6 Å². The Hall–Kier alpha value is -3.28. The molecule has 2 aliphatic rings. The van der Waals surface area contributed by atoms with Crippen molar-refractivity contribution in [3.63, 3.8) is 0 Å². The normalized spacial score (nSPS) is 20.1. The molecule has 0 aliphatic carbocycles. The smallest absolute Gasteiger partial charge is 0.306 e. The van der Waals surface area contributed by atoms with E-state index in [1.807, 2.05) is 49.5 Å². The molecule has 6 nitrogen and oxygen atoms in total. The monoisotopic (exact) mass is 420 g/mol. The van der Waals surface area contributed by atoms with E-state index in [1.165, 1.54) is 0 Å². The molecule has 2 aromatic carbocycles. The number of hydrogen-bond donors (Lipinski definition) is 1. The Morgan fingerprint density at radius 1 is 1.13 bits per heavy atom. The molecule has 162 valence electrons. The van der Waals surface area contributed by atoms with E-state index in [0.29, 0.717) is 12.3 Å². The first-order chi connectivity index (χ1) is 14.8. The first-order valence-electron chi connectivity index (χ1n) is 10.6. The number of esters is 1. The molecule has 2 heterocycles. The van der Waals surface area contributed by atoms with Crippen LogP contribution in [-0.2, 0) is 19.7 Å². The van der Waals surface area contributed by atoms with Gasteiger partial charge in [0, 0.05) is 30.4 Å². The van der Waals surface area contributed by atoms with Crippen LogP contribution in [0.1, 0.15) is 44.7 Å². The van der Waals surface area contributed by atoms with Gasteiger partial charge in [0.25, 0.3) is 0 Å². The van der Waals surface area contributed by atoms with Gasteiger partial charge in [-0.3, -0.25) is 9.59 Å². The molecule has 0 aromatic heterocycles. The van der Waals surface area contributed by atoms with Gasteiger partial charge < -0.3 is 19.7 Å². The van der Waals surface area contributed by atoms with Crippen molar-refractivity contribution in [2.24, 2.45) is 0 Å². The van der Waals surface area contributed by atoms with Crippen molar-refractivity contribution >= 4 is 29.3 Å². The summed E-state index contributed by atoms with van der Waals surface area (Å²) in [5.74, 6) is 0.276. The second-order valence-corrected chi connectivity index (χ2v) is 8.44. The molecule has 1 amide bonds. The maximum atomic E-state index is 12.3. The number of carbonyl (C=O) groups excluding carboxylic acids is 2. The van der Waals surface area contributed by atoms with Gasteiger partial charge in [0.15, 0.2) is 0 Å². The summed E-state index contributed by atoms with van der Waals surface area (Å²) in [4.78, 5) is 26.0. The fraction of sp³-hybridized carbons (Fsp3) is 0.360. The largest absolute Gasteiger partial charge is 0.466 e. The minimum Gasteiger partial charge on any atom is -0.466 e. The van der Waals surface area contributed by atoms with Gasteiger partial charge in [0.05, 0.1) is 18.4 Å². The van der Waals surface area contributed by atoms with E-state index in [0.717, 1.165) is 22.6 Å². The summed E-state index contributed by atoms with van der Waals surface area (Å²) in [5, 5.41) is 2.90. The molecule has 0 bridgehead atoms. The summed E-state index contributed by atoms with van der Waals surface area (Å²) >= 11 is 0. The Bertz CT molecular complexity index is 1060. The number of anilines is 2. The molecule has 31 heavy (non-hydrogen) atoms. The number of rotatable bonds is 5. The first-order valence-corrected chi connectivity index (χ1v) is 10.6. The Labute approximate surface area is 182 Å². The van der Waals surface area contributed by atoms with Crippen LogP contribution in [0.15, 0.2) is 48.5 Å². The Kier molecular flexibility index (Phi) is 5.25. The Morgan fingerprint density at radius 3 is 2.68 bits per heavy atom. The number of para-hydroxylation sites is 1. The highest BCUT2D eigenvalue weighted by molar-refractivity contribution is 5.93. The number of ether oxygens (including phenoxy) is 2. The molecule has 2 aliphatic heterocycles. The summed E-state index contributed by atoms with van der Waals surface area (Å²) in [6.07, 6.45) is 4.39. The van der Waals surface area contributed by atoms with E-state index in [4.69, 9.17) is 9.47 Å². The highest BCUT2D eigenvalue weighted by Gasteiger charge is 2.57. The molecule has 0 fully saturated rings. The zero-order valence-electron chi connectivity index (χ0n) is 18.4. The Morgan fingerprint density at radius 2 is 1.90 bits per heavy atom. The fourth-order valence-corrected chi connectivity index (χ4v) is 4.50.